The zero-order valence-electron chi connectivity index (χ0n) is 20.6. The van der Waals surface area contributed by atoms with Crippen LogP contribution >= 0.6 is 0 Å². The molecule has 0 saturated heterocycles. The number of aromatic nitrogens is 1. The molecule has 4 rings (SSSR count). The van der Waals surface area contributed by atoms with E-state index in [1.54, 1.807) is 30.0 Å². The molecule has 0 fully saturated rings. The highest BCUT2D eigenvalue weighted by Crippen LogP contribution is 2.29. The molecule has 0 aliphatic carbocycles. The molecule has 0 aliphatic rings. The van der Waals surface area contributed by atoms with Crippen LogP contribution in [0.15, 0.2) is 72.9 Å². The third-order valence-corrected chi connectivity index (χ3v) is 6.07. The lowest BCUT2D eigenvalue weighted by Crippen LogP contribution is -2.42. The summed E-state index contributed by atoms with van der Waals surface area (Å²) in [6, 6.07) is 21.1. The van der Waals surface area contributed by atoms with E-state index in [0.29, 0.717) is 18.1 Å². The molecule has 0 aliphatic heterocycles. The van der Waals surface area contributed by atoms with Crippen LogP contribution in [0.3, 0.4) is 0 Å². The van der Waals surface area contributed by atoms with Gasteiger partial charge >= 0.3 is 5.97 Å². The SMILES string of the molecule is CCOc1ccc(-c2cccc(OC)c2)cc1C(=O)NC(Cc1cn(CC#N)c2ccccc12)C(=O)O. The summed E-state index contributed by atoms with van der Waals surface area (Å²) in [7, 11) is 1.58. The molecule has 2 N–H and O–H groups in total. The summed E-state index contributed by atoms with van der Waals surface area (Å²) in [5.74, 6) is -0.672. The molecule has 188 valence electrons. The van der Waals surface area contributed by atoms with Crippen LogP contribution in [0.1, 0.15) is 22.8 Å². The highest BCUT2D eigenvalue weighted by atomic mass is 16.5. The van der Waals surface area contributed by atoms with Gasteiger partial charge in [0.2, 0.25) is 0 Å². The Labute approximate surface area is 214 Å². The third kappa shape index (κ3) is 5.57. The minimum Gasteiger partial charge on any atom is -0.497 e. The summed E-state index contributed by atoms with van der Waals surface area (Å²) >= 11 is 0. The van der Waals surface area contributed by atoms with Gasteiger partial charge in [-0.3, -0.25) is 4.79 Å². The van der Waals surface area contributed by atoms with Gasteiger partial charge in [-0.1, -0.05) is 36.4 Å². The van der Waals surface area contributed by atoms with Crippen molar-refractivity contribution in [2.45, 2.75) is 25.9 Å². The molecule has 1 atom stereocenters. The largest absolute Gasteiger partial charge is 0.497 e. The summed E-state index contributed by atoms with van der Waals surface area (Å²) in [5.41, 5.74) is 3.41. The Morgan fingerprint density at radius 1 is 1.08 bits per heavy atom. The van der Waals surface area contributed by atoms with E-state index < -0.39 is 17.9 Å². The molecule has 8 nitrogen and oxygen atoms in total. The van der Waals surface area contributed by atoms with E-state index in [0.717, 1.165) is 27.6 Å². The Kier molecular flexibility index (Phi) is 7.74. The molecule has 1 amide bonds. The van der Waals surface area contributed by atoms with Crippen molar-refractivity contribution in [2.75, 3.05) is 13.7 Å². The number of carbonyl (C=O) groups excluding carboxylic acids is 1. The molecule has 8 heteroatoms. The molecular formula is C29H27N3O5. The average molecular weight is 498 g/mol. The van der Waals surface area contributed by atoms with Gasteiger partial charge in [-0.25, -0.2) is 4.79 Å². The fourth-order valence-electron chi connectivity index (χ4n) is 4.32. The number of para-hydroxylation sites is 1. The molecule has 4 aromatic rings. The number of nitriles is 1. The van der Waals surface area contributed by atoms with Gasteiger partial charge in [0, 0.05) is 23.5 Å². The molecule has 1 heterocycles. The molecule has 0 spiro atoms. The van der Waals surface area contributed by atoms with Crippen LogP contribution in [-0.4, -0.2) is 41.3 Å². The minimum atomic E-state index is -1.19. The number of benzene rings is 3. The van der Waals surface area contributed by atoms with E-state index in [1.165, 1.54) is 0 Å². The van der Waals surface area contributed by atoms with Gasteiger partial charge in [0.25, 0.3) is 5.91 Å². The second kappa shape index (κ2) is 11.3. The number of carboxylic acids is 1. The predicted molar refractivity (Wildman–Crippen MR) is 140 cm³/mol. The van der Waals surface area contributed by atoms with Crippen molar-refractivity contribution in [1.29, 1.82) is 5.26 Å². The van der Waals surface area contributed by atoms with E-state index in [4.69, 9.17) is 14.7 Å². The lowest BCUT2D eigenvalue weighted by molar-refractivity contribution is -0.139. The van der Waals surface area contributed by atoms with Crippen LogP contribution in [0.4, 0.5) is 0 Å². The van der Waals surface area contributed by atoms with Crippen molar-refractivity contribution >= 4 is 22.8 Å². The van der Waals surface area contributed by atoms with Gasteiger partial charge in [-0.05, 0) is 53.9 Å². The van der Waals surface area contributed by atoms with Crippen LogP contribution < -0.4 is 14.8 Å². The first-order valence-corrected chi connectivity index (χ1v) is 11.8. The zero-order valence-corrected chi connectivity index (χ0v) is 20.6. The molecule has 0 saturated carbocycles. The second-order valence-electron chi connectivity index (χ2n) is 8.40. The van der Waals surface area contributed by atoms with E-state index in [1.807, 2.05) is 61.5 Å². The Balaban J connectivity index is 1.65. The number of nitrogens with one attached hydrogen (secondary N) is 1. The molecular weight excluding hydrogens is 470 g/mol. The van der Waals surface area contributed by atoms with Crippen molar-refractivity contribution in [2.24, 2.45) is 0 Å². The van der Waals surface area contributed by atoms with E-state index in [-0.39, 0.29) is 18.5 Å². The summed E-state index contributed by atoms with van der Waals surface area (Å²) in [5, 5.41) is 22.6. The maximum Gasteiger partial charge on any atom is 0.326 e. The lowest BCUT2D eigenvalue weighted by atomic mass is 10.0. The van der Waals surface area contributed by atoms with Gasteiger partial charge in [0.05, 0.1) is 25.3 Å². The number of amides is 1. The summed E-state index contributed by atoms with van der Waals surface area (Å²) in [6.45, 7) is 2.30. The highest BCUT2D eigenvalue weighted by Gasteiger charge is 2.25. The van der Waals surface area contributed by atoms with Gasteiger partial charge < -0.3 is 24.5 Å². The lowest BCUT2D eigenvalue weighted by Gasteiger charge is -2.17. The number of carboxylic acid groups (broad SMARTS) is 1. The Morgan fingerprint density at radius 3 is 2.59 bits per heavy atom. The maximum absolute atomic E-state index is 13.4. The van der Waals surface area contributed by atoms with Crippen molar-refractivity contribution in [3.05, 3.63) is 84.1 Å². The average Bonchev–Trinajstić information content (AvgIpc) is 3.26. The first-order chi connectivity index (χ1) is 17.9. The summed E-state index contributed by atoms with van der Waals surface area (Å²) in [6.07, 6.45) is 1.82. The molecule has 1 aromatic heterocycles. The van der Waals surface area contributed by atoms with Gasteiger partial charge in [-0.2, -0.15) is 5.26 Å². The fourth-order valence-corrected chi connectivity index (χ4v) is 4.32. The van der Waals surface area contributed by atoms with Crippen molar-refractivity contribution in [1.82, 2.24) is 9.88 Å². The van der Waals surface area contributed by atoms with Crippen LogP contribution in [-0.2, 0) is 17.8 Å². The van der Waals surface area contributed by atoms with E-state index in [9.17, 15) is 14.7 Å². The molecule has 0 radical (unpaired) electrons. The first kappa shape index (κ1) is 25.3. The number of rotatable bonds is 10. The highest BCUT2D eigenvalue weighted by molar-refractivity contribution is 6.00. The number of methoxy groups -OCH3 is 1. The minimum absolute atomic E-state index is 0.0551. The number of hydrogen-bond donors (Lipinski definition) is 2. The smallest absolute Gasteiger partial charge is 0.326 e. The third-order valence-electron chi connectivity index (χ3n) is 6.07. The van der Waals surface area contributed by atoms with Gasteiger partial charge in [-0.15, -0.1) is 0 Å². The fraction of sp³-hybridized carbons (Fsp3) is 0.207. The quantitative estimate of drug-likeness (QED) is 0.329. The van der Waals surface area contributed by atoms with Crippen LogP contribution in [0.25, 0.3) is 22.0 Å². The number of ether oxygens (including phenoxy) is 2. The van der Waals surface area contributed by atoms with Crippen molar-refractivity contribution < 1.29 is 24.2 Å². The number of carbonyl (C=O) groups is 2. The molecule has 3 aromatic carbocycles. The van der Waals surface area contributed by atoms with Crippen molar-refractivity contribution in [3.8, 4) is 28.7 Å². The zero-order chi connectivity index (χ0) is 26.4. The number of aliphatic carboxylic acids is 1. The first-order valence-electron chi connectivity index (χ1n) is 11.8. The molecule has 37 heavy (non-hydrogen) atoms. The normalized spacial score (nSPS) is 11.5. The number of nitrogens with zero attached hydrogens (tertiary/aromatic N) is 2. The Hall–Kier alpha value is -4.77. The van der Waals surface area contributed by atoms with Crippen LogP contribution in [0.2, 0.25) is 0 Å². The second-order valence-corrected chi connectivity index (χ2v) is 8.40. The Bertz CT molecular complexity index is 1480. The van der Waals surface area contributed by atoms with E-state index in [2.05, 4.69) is 11.4 Å². The monoisotopic (exact) mass is 497 g/mol. The predicted octanol–water partition coefficient (Wildman–Crippen LogP) is 4.66. The van der Waals surface area contributed by atoms with E-state index >= 15 is 0 Å². The van der Waals surface area contributed by atoms with Gasteiger partial charge in [0.15, 0.2) is 0 Å². The number of hydrogen-bond acceptors (Lipinski definition) is 5. The molecule has 1 unspecified atom stereocenters. The molecule has 0 bridgehead atoms. The summed E-state index contributed by atoms with van der Waals surface area (Å²) < 4.78 is 12.8. The maximum atomic E-state index is 13.4. The van der Waals surface area contributed by atoms with Crippen LogP contribution in [0, 0.1) is 11.3 Å². The Morgan fingerprint density at radius 2 is 1.86 bits per heavy atom. The standard InChI is InChI=1S/C29H27N3O5/c1-3-37-27-12-11-20(19-7-6-8-22(15-19)36-2)16-24(27)28(33)31-25(29(34)35)17-21-18-32(14-13-30)26-10-5-4-9-23(21)26/h4-12,15-16,18,25H,3,14,17H2,1-2H3,(H,31,33)(H,34,35). The summed E-state index contributed by atoms with van der Waals surface area (Å²) in [4.78, 5) is 25.6. The van der Waals surface area contributed by atoms with Gasteiger partial charge in [0.1, 0.15) is 24.1 Å². The topological polar surface area (TPSA) is 114 Å². The van der Waals surface area contributed by atoms with Crippen molar-refractivity contribution in [3.63, 3.8) is 0 Å². The number of fused-ring (bicyclic) bond motifs is 1. The van der Waals surface area contributed by atoms with Crippen LogP contribution in [0.5, 0.6) is 11.5 Å².